The minimum atomic E-state index is 0.399. The average Bonchev–Trinajstić information content (AvgIpc) is 2.67. The van der Waals surface area contributed by atoms with E-state index in [9.17, 15) is 0 Å². The van der Waals surface area contributed by atoms with Crippen LogP contribution in [0.2, 0.25) is 0 Å². The molecule has 2 rings (SSSR count). The van der Waals surface area contributed by atoms with Gasteiger partial charge in [0.05, 0.1) is 7.11 Å². The number of anilines is 1. The van der Waals surface area contributed by atoms with Gasteiger partial charge in [-0.15, -0.1) is 0 Å². The minimum Gasteiger partial charge on any atom is -0.481 e. The maximum atomic E-state index is 5.21. The van der Waals surface area contributed by atoms with Crippen molar-refractivity contribution in [2.45, 2.75) is 51.2 Å². The molecular formula is C14H23N3O2. The predicted octanol–water partition coefficient (Wildman–Crippen LogP) is 2.77. The zero-order valence-electron chi connectivity index (χ0n) is 11.8. The van der Waals surface area contributed by atoms with Crippen LogP contribution in [-0.2, 0) is 11.3 Å². The third-order valence-corrected chi connectivity index (χ3v) is 3.44. The molecule has 0 amide bonds. The Morgan fingerprint density at radius 3 is 2.53 bits per heavy atom. The van der Waals surface area contributed by atoms with Gasteiger partial charge in [-0.1, -0.05) is 25.7 Å². The summed E-state index contributed by atoms with van der Waals surface area (Å²) < 4.78 is 10.3. The molecule has 1 aliphatic rings. The van der Waals surface area contributed by atoms with E-state index in [1.807, 2.05) is 6.07 Å². The third kappa shape index (κ3) is 4.35. The first-order valence-electron chi connectivity index (χ1n) is 6.99. The normalized spacial score (nSPS) is 16.9. The molecule has 1 heterocycles. The second-order valence-corrected chi connectivity index (χ2v) is 4.98. The second kappa shape index (κ2) is 7.28. The summed E-state index contributed by atoms with van der Waals surface area (Å²) in [6.45, 7) is 0.399. The van der Waals surface area contributed by atoms with Crippen LogP contribution >= 0.6 is 0 Å². The van der Waals surface area contributed by atoms with Crippen molar-refractivity contribution < 1.29 is 9.47 Å². The Balaban J connectivity index is 2.06. The van der Waals surface area contributed by atoms with E-state index in [0.717, 1.165) is 5.82 Å². The molecule has 1 N–H and O–H groups in total. The molecule has 106 valence electrons. The van der Waals surface area contributed by atoms with E-state index in [1.54, 1.807) is 14.2 Å². The minimum absolute atomic E-state index is 0.399. The first-order valence-corrected chi connectivity index (χ1v) is 6.99. The Morgan fingerprint density at radius 2 is 1.89 bits per heavy atom. The van der Waals surface area contributed by atoms with Crippen molar-refractivity contribution in [1.29, 1.82) is 0 Å². The molecule has 0 spiro atoms. The van der Waals surface area contributed by atoms with Crippen molar-refractivity contribution in [3.05, 3.63) is 11.9 Å². The summed E-state index contributed by atoms with van der Waals surface area (Å²) in [4.78, 5) is 8.72. The standard InChI is InChI=1S/C14H23N3O2/c1-18-10-13-16-12(9-14(17-13)19-2)15-11-7-5-3-4-6-8-11/h9,11H,3-8,10H2,1-2H3,(H,15,16,17). The van der Waals surface area contributed by atoms with Gasteiger partial charge in [-0.3, -0.25) is 0 Å². The highest BCUT2D eigenvalue weighted by atomic mass is 16.5. The van der Waals surface area contributed by atoms with Crippen molar-refractivity contribution >= 4 is 5.82 Å². The highest BCUT2D eigenvalue weighted by Crippen LogP contribution is 2.22. The first kappa shape index (κ1) is 14.1. The zero-order chi connectivity index (χ0) is 13.5. The van der Waals surface area contributed by atoms with E-state index in [0.29, 0.717) is 24.4 Å². The topological polar surface area (TPSA) is 56.3 Å². The fourth-order valence-electron chi connectivity index (χ4n) is 2.48. The molecule has 0 saturated heterocycles. The fraction of sp³-hybridized carbons (Fsp3) is 0.714. The molecule has 0 unspecified atom stereocenters. The summed E-state index contributed by atoms with van der Waals surface area (Å²) in [5.41, 5.74) is 0. The van der Waals surface area contributed by atoms with E-state index in [4.69, 9.17) is 9.47 Å². The zero-order valence-corrected chi connectivity index (χ0v) is 11.8. The van der Waals surface area contributed by atoms with Gasteiger partial charge in [0, 0.05) is 19.2 Å². The van der Waals surface area contributed by atoms with Gasteiger partial charge in [0.25, 0.3) is 0 Å². The fourth-order valence-corrected chi connectivity index (χ4v) is 2.48. The van der Waals surface area contributed by atoms with Crippen molar-refractivity contribution in [3.8, 4) is 5.88 Å². The number of rotatable bonds is 5. The Kier molecular flexibility index (Phi) is 5.39. The van der Waals surface area contributed by atoms with Crippen LogP contribution in [0.4, 0.5) is 5.82 Å². The number of hydrogen-bond acceptors (Lipinski definition) is 5. The van der Waals surface area contributed by atoms with Crippen molar-refractivity contribution in [1.82, 2.24) is 9.97 Å². The summed E-state index contributed by atoms with van der Waals surface area (Å²) in [7, 11) is 3.26. The largest absolute Gasteiger partial charge is 0.481 e. The predicted molar refractivity (Wildman–Crippen MR) is 74.4 cm³/mol. The Bertz CT molecular complexity index is 390. The molecular weight excluding hydrogens is 242 g/mol. The van der Waals surface area contributed by atoms with Crippen molar-refractivity contribution in [2.24, 2.45) is 0 Å². The van der Waals surface area contributed by atoms with Crippen LogP contribution in [0.3, 0.4) is 0 Å². The number of hydrogen-bond donors (Lipinski definition) is 1. The maximum absolute atomic E-state index is 5.21. The number of nitrogens with zero attached hydrogens (tertiary/aromatic N) is 2. The van der Waals surface area contributed by atoms with Crippen molar-refractivity contribution in [3.63, 3.8) is 0 Å². The van der Waals surface area contributed by atoms with Gasteiger partial charge in [0.15, 0.2) is 5.82 Å². The van der Waals surface area contributed by atoms with Crippen LogP contribution in [0.25, 0.3) is 0 Å². The highest BCUT2D eigenvalue weighted by Gasteiger charge is 2.13. The molecule has 5 heteroatoms. The van der Waals surface area contributed by atoms with Gasteiger partial charge in [0.2, 0.25) is 5.88 Å². The lowest BCUT2D eigenvalue weighted by Gasteiger charge is -2.17. The Hall–Kier alpha value is -1.36. The van der Waals surface area contributed by atoms with Gasteiger partial charge in [-0.05, 0) is 12.8 Å². The summed E-state index contributed by atoms with van der Waals surface area (Å²) in [5, 5.41) is 3.51. The van der Waals surface area contributed by atoms with Crippen LogP contribution in [0, 0.1) is 0 Å². The van der Waals surface area contributed by atoms with Gasteiger partial charge in [-0.2, -0.15) is 4.98 Å². The van der Waals surface area contributed by atoms with Crippen LogP contribution in [-0.4, -0.2) is 30.2 Å². The van der Waals surface area contributed by atoms with Crippen LogP contribution < -0.4 is 10.1 Å². The molecule has 1 aromatic rings. The smallest absolute Gasteiger partial charge is 0.218 e. The summed E-state index contributed by atoms with van der Waals surface area (Å²) in [6, 6.07) is 2.36. The summed E-state index contributed by atoms with van der Waals surface area (Å²) in [5.74, 6) is 2.07. The maximum Gasteiger partial charge on any atom is 0.218 e. The van der Waals surface area contributed by atoms with Crippen LogP contribution in [0.15, 0.2) is 6.07 Å². The molecule has 0 radical (unpaired) electrons. The summed E-state index contributed by atoms with van der Waals surface area (Å²) in [6.07, 6.45) is 7.72. The number of nitrogens with one attached hydrogen (secondary N) is 1. The van der Waals surface area contributed by atoms with E-state index in [1.165, 1.54) is 38.5 Å². The number of ether oxygens (including phenoxy) is 2. The molecule has 0 aromatic carbocycles. The Labute approximate surface area is 114 Å². The monoisotopic (exact) mass is 265 g/mol. The molecule has 0 atom stereocenters. The van der Waals surface area contributed by atoms with Gasteiger partial charge in [-0.25, -0.2) is 4.98 Å². The average molecular weight is 265 g/mol. The molecule has 1 fully saturated rings. The van der Waals surface area contributed by atoms with E-state index < -0.39 is 0 Å². The quantitative estimate of drug-likeness (QED) is 0.830. The van der Waals surface area contributed by atoms with Crippen LogP contribution in [0.1, 0.15) is 44.3 Å². The second-order valence-electron chi connectivity index (χ2n) is 4.98. The van der Waals surface area contributed by atoms with Gasteiger partial charge in [0.1, 0.15) is 12.4 Å². The van der Waals surface area contributed by atoms with E-state index >= 15 is 0 Å². The molecule has 1 aliphatic carbocycles. The molecule has 0 aliphatic heterocycles. The number of methoxy groups -OCH3 is 2. The Morgan fingerprint density at radius 1 is 1.16 bits per heavy atom. The molecule has 1 saturated carbocycles. The van der Waals surface area contributed by atoms with Crippen LogP contribution in [0.5, 0.6) is 5.88 Å². The lowest BCUT2D eigenvalue weighted by Crippen LogP contribution is -2.19. The van der Waals surface area contributed by atoms with E-state index in [-0.39, 0.29) is 0 Å². The van der Waals surface area contributed by atoms with Gasteiger partial charge >= 0.3 is 0 Å². The third-order valence-electron chi connectivity index (χ3n) is 3.44. The molecule has 0 bridgehead atoms. The van der Waals surface area contributed by atoms with Gasteiger partial charge < -0.3 is 14.8 Å². The molecule has 1 aromatic heterocycles. The van der Waals surface area contributed by atoms with E-state index in [2.05, 4.69) is 15.3 Å². The number of aromatic nitrogens is 2. The lowest BCUT2D eigenvalue weighted by molar-refractivity contribution is 0.177. The highest BCUT2D eigenvalue weighted by molar-refractivity contribution is 5.39. The SMILES string of the molecule is COCc1nc(NC2CCCCCC2)cc(OC)n1. The summed E-state index contributed by atoms with van der Waals surface area (Å²) >= 11 is 0. The molecule has 5 nitrogen and oxygen atoms in total. The lowest BCUT2D eigenvalue weighted by atomic mass is 10.1. The first-order chi connectivity index (χ1) is 9.31. The molecule has 19 heavy (non-hydrogen) atoms. The van der Waals surface area contributed by atoms with Crippen molar-refractivity contribution in [2.75, 3.05) is 19.5 Å².